The molecule has 0 saturated carbocycles. The van der Waals surface area contributed by atoms with Gasteiger partial charge in [0.05, 0.1) is 13.4 Å². The summed E-state index contributed by atoms with van der Waals surface area (Å²) in [5.41, 5.74) is 0.554. The van der Waals surface area contributed by atoms with Crippen LogP contribution in [0.5, 0.6) is 11.5 Å². The summed E-state index contributed by atoms with van der Waals surface area (Å²) in [6, 6.07) is 3.78. The van der Waals surface area contributed by atoms with Gasteiger partial charge >= 0.3 is 16.1 Å². The van der Waals surface area contributed by atoms with Gasteiger partial charge < -0.3 is 14.2 Å². The SMILES string of the molecule is COc1cc(C(Cl)=CC=C2NC(=O)NC2=O)ccc1OS(C)(=O)=O. The Labute approximate surface area is 143 Å². The highest BCUT2D eigenvalue weighted by Gasteiger charge is 2.22. The van der Waals surface area contributed by atoms with E-state index < -0.39 is 22.1 Å². The molecule has 1 heterocycles. The summed E-state index contributed by atoms with van der Waals surface area (Å²) in [4.78, 5) is 22.4. The number of methoxy groups -OCH3 is 1. The molecule has 1 aliphatic rings. The third-order valence-electron chi connectivity index (χ3n) is 2.80. The molecular formula is C14H13ClN2O6S. The van der Waals surface area contributed by atoms with Gasteiger partial charge in [-0.15, -0.1) is 0 Å². The average Bonchev–Trinajstić information content (AvgIpc) is 2.81. The topological polar surface area (TPSA) is 111 Å². The molecule has 0 bridgehead atoms. The molecule has 8 nitrogen and oxygen atoms in total. The summed E-state index contributed by atoms with van der Waals surface area (Å²) in [6.07, 6.45) is 3.67. The standard InChI is InChI=1S/C14H13ClN2O6S/c1-22-12-7-8(3-6-11(12)23-24(2,20)21)9(15)4-5-10-13(18)17-14(19)16-10/h3-7H,1-2H3,(H2,16,17,18,19). The molecular weight excluding hydrogens is 360 g/mol. The van der Waals surface area contributed by atoms with Crippen molar-refractivity contribution in [3.63, 3.8) is 0 Å². The van der Waals surface area contributed by atoms with Crippen LogP contribution in [0.4, 0.5) is 4.79 Å². The summed E-state index contributed by atoms with van der Waals surface area (Å²) >= 11 is 6.14. The van der Waals surface area contributed by atoms with Crippen LogP contribution in [-0.4, -0.2) is 33.7 Å². The normalized spacial score (nSPS) is 16.8. The van der Waals surface area contributed by atoms with Gasteiger partial charge in [0.25, 0.3) is 5.91 Å². The fourth-order valence-corrected chi connectivity index (χ4v) is 2.44. The van der Waals surface area contributed by atoms with Crippen molar-refractivity contribution in [3.05, 3.63) is 41.6 Å². The number of allylic oxidation sites excluding steroid dienone is 2. The lowest BCUT2D eigenvalue weighted by Gasteiger charge is -2.10. The number of urea groups is 1. The van der Waals surface area contributed by atoms with Crippen LogP contribution in [0.25, 0.3) is 5.03 Å². The van der Waals surface area contributed by atoms with Crippen LogP contribution in [0.15, 0.2) is 36.0 Å². The number of amides is 3. The predicted molar refractivity (Wildman–Crippen MR) is 87.1 cm³/mol. The zero-order valence-corrected chi connectivity index (χ0v) is 14.2. The fourth-order valence-electron chi connectivity index (χ4n) is 1.80. The van der Waals surface area contributed by atoms with Crippen LogP contribution in [0.3, 0.4) is 0 Å². The van der Waals surface area contributed by atoms with Crippen molar-refractivity contribution in [3.8, 4) is 11.5 Å². The third kappa shape index (κ3) is 4.49. The van der Waals surface area contributed by atoms with Crippen molar-refractivity contribution in [2.75, 3.05) is 13.4 Å². The van der Waals surface area contributed by atoms with Gasteiger partial charge in [-0.25, -0.2) is 4.79 Å². The van der Waals surface area contributed by atoms with Crippen molar-refractivity contribution in [1.29, 1.82) is 0 Å². The Bertz CT molecular complexity index is 860. The number of imide groups is 1. The summed E-state index contributed by atoms with van der Waals surface area (Å²) in [5, 5.41) is 4.61. The fraction of sp³-hybridized carbons (Fsp3) is 0.143. The molecule has 1 saturated heterocycles. The summed E-state index contributed by atoms with van der Waals surface area (Å²) < 4.78 is 32.3. The molecule has 0 aliphatic carbocycles. The van der Waals surface area contributed by atoms with Gasteiger partial charge in [0, 0.05) is 5.03 Å². The second kappa shape index (κ2) is 6.93. The van der Waals surface area contributed by atoms with E-state index in [-0.39, 0.29) is 22.2 Å². The van der Waals surface area contributed by atoms with Crippen LogP contribution in [0.2, 0.25) is 0 Å². The molecule has 1 aromatic rings. The molecule has 1 fully saturated rings. The summed E-state index contributed by atoms with van der Waals surface area (Å²) in [5.74, 6) is -0.367. The quantitative estimate of drug-likeness (QED) is 0.458. The van der Waals surface area contributed by atoms with E-state index >= 15 is 0 Å². The first kappa shape index (κ1) is 17.8. The molecule has 2 N–H and O–H groups in total. The van der Waals surface area contributed by atoms with Crippen molar-refractivity contribution in [1.82, 2.24) is 10.6 Å². The first-order valence-corrected chi connectivity index (χ1v) is 8.67. The molecule has 0 spiro atoms. The first-order valence-electron chi connectivity index (χ1n) is 6.47. The average molecular weight is 373 g/mol. The minimum Gasteiger partial charge on any atom is -0.493 e. The molecule has 0 aromatic heterocycles. The summed E-state index contributed by atoms with van der Waals surface area (Å²) in [7, 11) is -2.34. The van der Waals surface area contributed by atoms with Gasteiger partial charge in [0.15, 0.2) is 11.5 Å². The number of benzene rings is 1. The first-order chi connectivity index (χ1) is 11.2. The van der Waals surface area contributed by atoms with Crippen molar-refractivity contribution in [2.24, 2.45) is 0 Å². The Morgan fingerprint density at radius 3 is 2.46 bits per heavy atom. The molecule has 10 heteroatoms. The van der Waals surface area contributed by atoms with E-state index in [4.69, 9.17) is 20.5 Å². The van der Waals surface area contributed by atoms with Crippen LogP contribution in [0, 0.1) is 0 Å². The van der Waals surface area contributed by atoms with Gasteiger partial charge in [-0.05, 0) is 35.9 Å². The second-order valence-electron chi connectivity index (χ2n) is 4.66. The molecule has 2 rings (SSSR count). The lowest BCUT2D eigenvalue weighted by Crippen LogP contribution is -2.22. The highest BCUT2D eigenvalue weighted by molar-refractivity contribution is 7.86. The van der Waals surface area contributed by atoms with E-state index in [2.05, 4.69) is 10.6 Å². The molecule has 1 aliphatic heterocycles. The largest absolute Gasteiger partial charge is 0.493 e. The maximum Gasteiger partial charge on any atom is 0.326 e. The highest BCUT2D eigenvalue weighted by Crippen LogP contribution is 2.32. The van der Waals surface area contributed by atoms with E-state index in [1.54, 1.807) is 0 Å². The Balaban J connectivity index is 2.28. The number of carbonyl (C=O) groups is 2. The highest BCUT2D eigenvalue weighted by atomic mass is 35.5. The second-order valence-corrected chi connectivity index (χ2v) is 6.64. The Morgan fingerprint density at radius 1 is 1.21 bits per heavy atom. The van der Waals surface area contributed by atoms with E-state index in [0.717, 1.165) is 6.26 Å². The number of nitrogens with one attached hydrogen (secondary N) is 2. The van der Waals surface area contributed by atoms with Crippen molar-refractivity contribution >= 4 is 38.7 Å². The number of carbonyl (C=O) groups excluding carboxylic acids is 2. The smallest absolute Gasteiger partial charge is 0.326 e. The molecule has 0 atom stereocenters. The lowest BCUT2D eigenvalue weighted by molar-refractivity contribution is -0.115. The third-order valence-corrected chi connectivity index (χ3v) is 3.62. The van der Waals surface area contributed by atoms with Gasteiger partial charge in [-0.3, -0.25) is 10.1 Å². The monoisotopic (exact) mass is 372 g/mol. The number of ether oxygens (including phenoxy) is 1. The molecule has 24 heavy (non-hydrogen) atoms. The predicted octanol–water partition coefficient (Wildman–Crippen LogP) is 1.34. The van der Waals surface area contributed by atoms with E-state index in [0.29, 0.717) is 5.56 Å². The Hall–Kier alpha value is -2.52. The maximum absolute atomic E-state index is 11.4. The molecule has 1 aromatic carbocycles. The molecule has 0 radical (unpaired) electrons. The van der Waals surface area contributed by atoms with Crippen LogP contribution in [-0.2, 0) is 14.9 Å². The van der Waals surface area contributed by atoms with Crippen LogP contribution >= 0.6 is 11.6 Å². The van der Waals surface area contributed by atoms with Crippen LogP contribution < -0.4 is 19.6 Å². The summed E-state index contributed by atoms with van der Waals surface area (Å²) in [6.45, 7) is 0. The molecule has 0 unspecified atom stereocenters. The number of rotatable bonds is 5. The number of halogens is 1. The van der Waals surface area contributed by atoms with Crippen molar-refractivity contribution < 1.29 is 26.9 Å². The zero-order valence-electron chi connectivity index (χ0n) is 12.6. The number of hydrogen-bond donors (Lipinski definition) is 2. The zero-order chi connectivity index (χ0) is 17.9. The van der Waals surface area contributed by atoms with Gasteiger partial charge in [0.1, 0.15) is 5.70 Å². The van der Waals surface area contributed by atoms with Gasteiger partial charge in [-0.2, -0.15) is 8.42 Å². The van der Waals surface area contributed by atoms with Gasteiger partial charge in [0.2, 0.25) is 0 Å². The molecule has 3 amide bonds. The van der Waals surface area contributed by atoms with Gasteiger partial charge in [-0.1, -0.05) is 11.6 Å². The van der Waals surface area contributed by atoms with E-state index in [1.807, 2.05) is 0 Å². The molecule has 128 valence electrons. The van der Waals surface area contributed by atoms with E-state index in [9.17, 15) is 18.0 Å². The number of hydrogen-bond acceptors (Lipinski definition) is 6. The minimum absolute atomic E-state index is 0.0222. The Kier molecular flexibility index (Phi) is 5.15. The minimum atomic E-state index is -3.70. The van der Waals surface area contributed by atoms with E-state index in [1.165, 1.54) is 37.5 Å². The van der Waals surface area contributed by atoms with Crippen molar-refractivity contribution in [2.45, 2.75) is 0 Å². The maximum atomic E-state index is 11.4. The lowest BCUT2D eigenvalue weighted by atomic mass is 10.2. The Morgan fingerprint density at radius 2 is 1.92 bits per heavy atom. The van der Waals surface area contributed by atoms with Crippen LogP contribution in [0.1, 0.15) is 5.56 Å².